The van der Waals surface area contributed by atoms with Crippen molar-refractivity contribution in [2.75, 3.05) is 7.11 Å². The second-order valence-corrected chi connectivity index (χ2v) is 6.13. The Balaban J connectivity index is 3.98. The average molecular weight is 366 g/mol. The number of unbranched alkanes of at least 4 members (excludes halogenated alkanes) is 2. The Morgan fingerprint density at radius 1 is 0.885 bits per heavy atom. The summed E-state index contributed by atoms with van der Waals surface area (Å²) in [5, 5.41) is 29.3. The van der Waals surface area contributed by atoms with Crippen molar-refractivity contribution in [3.8, 4) is 0 Å². The van der Waals surface area contributed by atoms with E-state index in [0.29, 0.717) is 12.8 Å². The third-order valence-corrected chi connectivity index (χ3v) is 3.80. The van der Waals surface area contributed by atoms with E-state index in [2.05, 4.69) is 11.7 Å². The van der Waals surface area contributed by atoms with Gasteiger partial charge in [-0.3, -0.25) is 4.79 Å². The molecule has 148 valence electrons. The maximum Gasteiger partial charge on any atom is 0.305 e. The number of hydrogen-bond acceptors (Lipinski definition) is 5. The molecule has 5 nitrogen and oxygen atoms in total. The van der Waals surface area contributed by atoms with Crippen LogP contribution in [-0.4, -0.2) is 46.7 Å². The van der Waals surface area contributed by atoms with Gasteiger partial charge in [-0.2, -0.15) is 0 Å². The molecule has 0 aromatic heterocycles. The molecular weight excluding hydrogens is 332 g/mol. The van der Waals surface area contributed by atoms with Crippen molar-refractivity contribution in [2.24, 2.45) is 0 Å². The molecule has 26 heavy (non-hydrogen) atoms. The third kappa shape index (κ3) is 14.6. The first-order valence-corrected chi connectivity index (χ1v) is 9.30. The van der Waals surface area contributed by atoms with Crippen LogP contribution in [0.25, 0.3) is 0 Å². The number of aliphatic hydroxyl groups excluding tert-OH is 3. The van der Waals surface area contributed by atoms with Crippen LogP contribution in [-0.2, 0) is 9.53 Å². The Kier molecular flexibility index (Phi) is 15.7. The molecule has 0 aliphatic carbocycles. The van der Waals surface area contributed by atoms with E-state index in [-0.39, 0.29) is 12.4 Å². The van der Waals surface area contributed by atoms with Crippen molar-refractivity contribution in [1.29, 1.82) is 0 Å². The quantitative estimate of drug-likeness (QED) is 0.250. The van der Waals surface area contributed by atoms with Gasteiger partial charge in [0, 0.05) is 6.42 Å². The van der Waals surface area contributed by atoms with Gasteiger partial charge in [-0.05, 0) is 19.3 Å². The molecule has 0 aromatic rings. The predicted octanol–water partition coefficient (Wildman–Crippen LogP) is 3.22. The second kappa shape index (κ2) is 16.8. The van der Waals surface area contributed by atoms with E-state index in [0.717, 1.165) is 25.7 Å². The molecule has 0 aromatic carbocycles. The Hall–Kier alpha value is -1.69. The minimum atomic E-state index is -0.973. The highest BCUT2D eigenvalue weighted by atomic mass is 16.5. The summed E-state index contributed by atoms with van der Waals surface area (Å²) >= 11 is 0. The van der Waals surface area contributed by atoms with Crippen molar-refractivity contribution < 1.29 is 24.9 Å². The highest BCUT2D eigenvalue weighted by Gasteiger charge is 2.13. The molecule has 0 aliphatic rings. The first-order valence-electron chi connectivity index (χ1n) is 9.30. The molecule has 5 heteroatoms. The summed E-state index contributed by atoms with van der Waals surface area (Å²) in [5.74, 6) is -0.320. The van der Waals surface area contributed by atoms with Crippen molar-refractivity contribution in [1.82, 2.24) is 0 Å². The zero-order valence-electron chi connectivity index (χ0n) is 16.0. The number of carbonyl (C=O) groups excluding carboxylic acids is 1. The third-order valence-electron chi connectivity index (χ3n) is 3.80. The van der Waals surface area contributed by atoms with E-state index in [1.807, 2.05) is 18.2 Å². The summed E-state index contributed by atoms with van der Waals surface area (Å²) in [6.07, 6.45) is 16.8. The number of aliphatic hydroxyl groups is 3. The predicted molar refractivity (Wildman–Crippen MR) is 105 cm³/mol. The molecule has 0 saturated carbocycles. The Morgan fingerprint density at radius 3 is 2.12 bits per heavy atom. The van der Waals surface area contributed by atoms with Crippen molar-refractivity contribution >= 4 is 5.97 Å². The Labute approximate surface area is 157 Å². The lowest BCUT2D eigenvalue weighted by Gasteiger charge is -2.13. The largest absolute Gasteiger partial charge is 0.469 e. The Morgan fingerprint density at radius 2 is 1.50 bits per heavy atom. The van der Waals surface area contributed by atoms with Gasteiger partial charge in [-0.15, -0.1) is 0 Å². The number of esters is 1. The summed E-state index contributed by atoms with van der Waals surface area (Å²) in [6.45, 7) is 2.14. The topological polar surface area (TPSA) is 87.0 Å². The van der Waals surface area contributed by atoms with E-state index in [1.54, 1.807) is 24.3 Å². The number of carbonyl (C=O) groups is 1. The van der Waals surface area contributed by atoms with Crippen LogP contribution in [0.4, 0.5) is 0 Å². The van der Waals surface area contributed by atoms with Gasteiger partial charge in [-0.25, -0.2) is 0 Å². The minimum absolute atomic E-state index is 0.232. The van der Waals surface area contributed by atoms with E-state index in [4.69, 9.17) is 0 Å². The summed E-state index contributed by atoms with van der Waals surface area (Å²) < 4.78 is 4.52. The van der Waals surface area contributed by atoms with Gasteiger partial charge in [0.1, 0.15) is 0 Å². The SMILES string of the molecule is CCCCCC(O)/C=C/C=C\C=C/C=C\[C@@H](O)C(O)CCCC(=O)OC. The molecule has 3 N–H and O–H groups in total. The first kappa shape index (κ1) is 24.3. The molecular formula is C21H34O5. The van der Waals surface area contributed by atoms with Gasteiger partial charge in [0.15, 0.2) is 0 Å². The lowest BCUT2D eigenvalue weighted by Crippen LogP contribution is -2.23. The van der Waals surface area contributed by atoms with Crippen molar-refractivity contribution in [3.05, 3.63) is 48.6 Å². The van der Waals surface area contributed by atoms with Crippen LogP contribution >= 0.6 is 0 Å². The van der Waals surface area contributed by atoms with Gasteiger partial charge in [-0.1, -0.05) is 74.8 Å². The molecule has 0 saturated heterocycles. The molecule has 0 spiro atoms. The molecule has 0 amide bonds. The van der Waals surface area contributed by atoms with Crippen LogP contribution in [0.1, 0.15) is 51.9 Å². The highest BCUT2D eigenvalue weighted by Crippen LogP contribution is 2.07. The van der Waals surface area contributed by atoms with E-state index < -0.39 is 18.3 Å². The fourth-order valence-corrected chi connectivity index (χ4v) is 2.18. The van der Waals surface area contributed by atoms with Crippen LogP contribution < -0.4 is 0 Å². The molecule has 0 rings (SSSR count). The molecule has 0 bridgehead atoms. The first-order chi connectivity index (χ1) is 12.5. The normalized spacial score (nSPS) is 16.0. The van der Waals surface area contributed by atoms with Crippen LogP contribution in [0.3, 0.4) is 0 Å². The van der Waals surface area contributed by atoms with Crippen LogP contribution in [0.2, 0.25) is 0 Å². The van der Waals surface area contributed by atoms with E-state index >= 15 is 0 Å². The number of rotatable bonds is 14. The van der Waals surface area contributed by atoms with Crippen LogP contribution in [0.5, 0.6) is 0 Å². The van der Waals surface area contributed by atoms with Crippen molar-refractivity contribution in [2.45, 2.75) is 70.2 Å². The summed E-state index contributed by atoms with van der Waals surface area (Å²) in [7, 11) is 1.32. The van der Waals surface area contributed by atoms with E-state index in [1.165, 1.54) is 13.2 Å². The maximum atomic E-state index is 11.0. The lowest BCUT2D eigenvalue weighted by atomic mass is 10.1. The zero-order valence-corrected chi connectivity index (χ0v) is 16.0. The molecule has 3 atom stereocenters. The zero-order chi connectivity index (χ0) is 19.6. The average Bonchev–Trinajstić information content (AvgIpc) is 2.63. The van der Waals surface area contributed by atoms with Crippen molar-refractivity contribution in [3.63, 3.8) is 0 Å². The van der Waals surface area contributed by atoms with Crippen LogP contribution in [0, 0.1) is 0 Å². The maximum absolute atomic E-state index is 11.0. The van der Waals surface area contributed by atoms with Gasteiger partial charge in [0.25, 0.3) is 0 Å². The number of allylic oxidation sites excluding steroid dienone is 6. The number of methoxy groups -OCH3 is 1. The molecule has 0 radical (unpaired) electrons. The lowest BCUT2D eigenvalue weighted by molar-refractivity contribution is -0.140. The fourth-order valence-electron chi connectivity index (χ4n) is 2.18. The van der Waals surface area contributed by atoms with Gasteiger partial charge < -0.3 is 20.1 Å². The number of hydrogen-bond donors (Lipinski definition) is 3. The monoisotopic (exact) mass is 366 g/mol. The molecule has 0 aliphatic heterocycles. The second-order valence-electron chi connectivity index (χ2n) is 6.13. The van der Waals surface area contributed by atoms with E-state index in [9.17, 15) is 20.1 Å². The summed E-state index contributed by atoms with van der Waals surface area (Å²) in [6, 6.07) is 0. The van der Waals surface area contributed by atoms with Gasteiger partial charge in [0.05, 0.1) is 25.4 Å². The molecule has 2 unspecified atom stereocenters. The van der Waals surface area contributed by atoms with Gasteiger partial charge in [0.2, 0.25) is 0 Å². The summed E-state index contributed by atoms with van der Waals surface area (Å²) in [4.78, 5) is 11.0. The van der Waals surface area contributed by atoms with Crippen LogP contribution in [0.15, 0.2) is 48.6 Å². The standard InChI is InChI=1S/C21H34O5/c1-3-4-9-13-18(22)14-10-7-5-6-8-11-15-19(23)20(24)16-12-17-21(25)26-2/h5-8,10-11,14-15,18-20,22-24H,3-4,9,12-13,16-17H2,1-2H3/b7-5-,8-6-,14-10+,15-11-/t18?,19-,20?/m1/s1. The molecule has 0 fully saturated rings. The fraction of sp³-hybridized carbons (Fsp3) is 0.571. The smallest absolute Gasteiger partial charge is 0.305 e. The van der Waals surface area contributed by atoms with Gasteiger partial charge >= 0.3 is 5.97 Å². The summed E-state index contributed by atoms with van der Waals surface area (Å²) in [5.41, 5.74) is 0. The Bertz CT molecular complexity index is 465. The minimum Gasteiger partial charge on any atom is -0.469 e. The highest BCUT2D eigenvalue weighted by molar-refractivity contribution is 5.68. The molecule has 0 heterocycles. The number of ether oxygens (including phenoxy) is 1.